The molecular formula is C21H30N8O. The van der Waals surface area contributed by atoms with E-state index in [-0.39, 0.29) is 0 Å². The third kappa shape index (κ3) is 4.62. The molecule has 1 aromatic heterocycles. The molecule has 30 heavy (non-hydrogen) atoms. The van der Waals surface area contributed by atoms with Gasteiger partial charge in [0.05, 0.1) is 0 Å². The molecular weight excluding hydrogens is 380 g/mol. The molecule has 2 fully saturated rings. The van der Waals surface area contributed by atoms with Crippen LogP contribution in [0.25, 0.3) is 0 Å². The van der Waals surface area contributed by atoms with Gasteiger partial charge in [-0.15, -0.1) is 0 Å². The van der Waals surface area contributed by atoms with E-state index in [4.69, 9.17) is 10.7 Å². The van der Waals surface area contributed by atoms with E-state index in [1.54, 1.807) is 12.1 Å². The van der Waals surface area contributed by atoms with Gasteiger partial charge < -0.3 is 26.6 Å². The minimum absolute atomic E-state index is 0.296. The summed E-state index contributed by atoms with van der Waals surface area (Å²) in [5.74, 6) is 1.19. The number of aryl methyl sites for hydroxylation is 1. The van der Waals surface area contributed by atoms with Crippen molar-refractivity contribution in [2.75, 3.05) is 35.7 Å². The van der Waals surface area contributed by atoms with Gasteiger partial charge in [-0.05, 0) is 50.4 Å². The molecule has 1 aromatic carbocycles. The highest BCUT2D eigenvalue weighted by Crippen LogP contribution is 2.27. The van der Waals surface area contributed by atoms with Crippen molar-refractivity contribution in [3.63, 3.8) is 0 Å². The van der Waals surface area contributed by atoms with E-state index in [2.05, 4.69) is 37.9 Å². The minimum atomic E-state index is -0.466. The van der Waals surface area contributed by atoms with Gasteiger partial charge in [0.15, 0.2) is 0 Å². The summed E-state index contributed by atoms with van der Waals surface area (Å²) in [6, 6.07) is 6.05. The molecule has 0 spiro atoms. The van der Waals surface area contributed by atoms with Crippen molar-refractivity contribution in [2.24, 2.45) is 5.73 Å². The molecule has 0 unspecified atom stereocenters. The molecule has 0 radical (unpaired) electrons. The zero-order valence-electron chi connectivity index (χ0n) is 17.6. The standard InChI is InChI=1S/C21H30N8O/c1-13-7-8-14(18(22)30)11-17(13)25-20-26-19(24-15-9-10-23-12-15)27-21(28-20)29(2)16-5-3-4-6-16/h7-8,11,15-16,23H,3-6,9-10,12H2,1-2H3,(H2,22,30)(H2,24,25,26,27,28)/t15-/m1/s1. The van der Waals surface area contributed by atoms with Gasteiger partial charge in [0.2, 0.25) is 23.8 Å². The van der Waals surface area contributed by atoms with Crippen molar-refractivity contribution in [1.82, 2.24) is 20.3 Å². The number of carbonyl (C=O) groups is 1. The fourth-order valence-corrected chi connectivity index (χ4v) is 4.09. The average molecular weight is 411 g/mol. The molecule has 9 nitrogen and oxygen atoms in total. The number of carbonyl (C=O) groups excluding carboxylic acids is 1. The number of rotatable bonds is 7. The van der Waals surface area contributed by atoms with Crippen LogP contribution in [0.3, 0.4) is 0 Å². The van der Waals surface area contributed by atoms with Crippen molar-refractivity contribution in [3.8, 4) is 0 Å². The van der Waals surface area contributed by atoms with E-state index in [0.29, 0.717) is 35.5 Å². The average Bonchev–Trinajstić information content (AvgIpc) is 3.43. The molecule has 5 N–H and O–H groups in total. The van der Waals surface area contributed by atoms with E-state index in [0.717, 1.165) is 43.6 Å². The predicted molar refractivity (Wildman–Crippen MR) is 118 cm³/mol. The van der Waals surface area contributed by atoms with Gasteiger partial charge in [-0.3, -0.25) is 4.79 Å². The van der Waals surface area contributed by atoms with Gasteiger partial charge in [-0.25, -0.2) is 0 Å². The number of hydrogen-bond donors (Lipinski definition) is 4. The van der Waals surface area contributed by atoms with E-state index in [1.807, 2.05) is 13.0 Å². The topological polar surface area (TPSA) is 121 Å². The Labute approximate surface area is 176 Å². The van der Waals surface area contributed by atoms with E-state index < -0.39 is 5.91 Å². The first-order valence-electron chi connectivity index (χ1n) is 10.6. The molecule has 1 atom stereocenters. The third-order valence-corrected chi connectivity index (χ3v) is 5.97. The number of nitrogens with two attached hydrogens (primary N) is 1. The molecule has 2 heterocycles. The second-order valence-corrected chi connectivity index (χ2v) is 8.18. The highest BCUT2D eigenvalue weighted by Gasteiger charge is 2.24. The summed E-state index contributed by atoms with van der Waals surface area (Å²) < 4.78 is 0. The second kappa shape index (κ2) is 8.83. The number of aromatic nitrogens is 3. The quantitative estimate of drug-likeness (QED) is 0.548. The van der Waals surface area contributed by atoms with Crippen molar-refractivity contribution in [1.29, 1.82) is 0 Å². The number of hydrogen-bond acceptors (Lipinski definition) is 8. The number of nitrogens with zero attached hydrogens (tertiary/aromatic N) is 4. The normalized spacial score (nSPS) is 19.1. The summed E-state index contributed by atoms with van der Waals surface area (Å²) in [4.78, 5) is 27.7. The fraction of sp³-hybridized carbons (Fsp3) is 0.524. The largest absolute Gasteiger partial charge is 0.366 e. The number of amides is 1. The van der Waals surface area contributed by atoms with Crippen molar-refractivity contribution in [3.05, 3.63) is 29.3 Å². The molecule has 1 aliphatic heterocycles. The molecule has 4 rings (SSSR count). The molecule has 1 aliphatic carbocycles. The SMILES string of the molecule is Cc1ccc(C(N)=O)cc1Nc1nc(N[C@@H]2CCNC2)nc(N(C)C2CCCC2)n1. The maximum atomic E-state index is 11.6. The van der Waals surface area contributed by atoms with Crippen LogP contribution in [0.4, 0.5) is 23.5 Å². The lowest BCUT2D eigenvalue weighted by Gasteiger charge is -2.25. The van der Waals surface area contributed by atoms with Crippen LogP contribution in [0.2, 0.25) is 0 Å². The van der Waals surface area contributed by atoms with Crippen molar-refractivity contribution in [2.45, 2.75) is 51.1 Å². The Bertz CT molecular complexity index is 906. The van der Waals surface area contributed by atoms with Gasteiger partial charge in [-0.2, -0.15) is 15.0 Å². The van der Waals surface area contributed by atoms with Crippen LogP contribution < -0.4 is 26.6 Å². The number of nitrogens with one attached hydrogen (secondary N) is 3. The van der Waals surface area contributed by atoms with Crippen LogP contribution in [-0.2, 0) is 0 Å². The Morgan fingerprint density at radius 2 is 1.93 bits per heavy atom. The Morgan fingerprint density at radius 1 is 1.17 bits per heavy atom. The maximum absolute atomic E-state index is 11.6. The third-order valence-electron chi connectivity index (χ3n) is 5.97. The van der Waals surface area contributed by atoms with Gasteiger partial charge >= 0.3 is 0 Å². The van der Waals surface area contributed by atoms with Crippen LogP contribution in [0, 0.1) is 6.92 Å². The lowest BCUT2D eigenvalue weighted by atomic mass is 10.1. The highest BCUT2D eigenvalue weighted by atomic mass is 16.1. The first-order chi connectivity index (χ1) is 14.5. The summed E-state index contributed by atoms with van der Waals surface area (Å²) >= 11 is 0. The number of benzene rings is 1. The Hall–Kier alpha value is -2.94. The van der Waals surface area contributed by atoms with E-state index in [1.165, 1.54) is 12.8 Å². The first-order valence-corrected chi connectivity index (χ1v) is 10.6. The number of primary amides is 1. The summed E-state index contributed by atoms with van der Waals surface area (Å²) in [6.07, 6.45) is 5.81. The zero-order chi connectivity index (χ0) is 21.1. The van der Waals surface area contributed by atoms with Gasteiger partial charge in [0.1, 0.15) is 0 Å². The lowest BCUT2D eigenvalue weighted by molar-refractivity contribution is 0.100. The Balaban J connectivity index is 1.64. The van der Waals surface area contributed by atoms with Crippen LogP contribution >= 0.6 is 0 Å². The predicted octanol–water partition coefficient (Wildman–Crippen LogP) is 2.18. The first kappa shape index (κ1) is 20.3. The van der Waals surface area contributed by atoms with Crippen LogP contribution in [0.15, 0.2) is 18.2 Å². The summed E-state index contributed by atoms with van der Waals surface area (Å²) in [5.41, 5.74) is 7.61. The van der Waals surface area contributed by atoms with E-state index >= 15 is 0 Å². The molecule has 0 bridgehead atoms. The van der Waals surface area contributed by atoms with Gasteiger partial charge in [0.25, 0.3) is 0 Å². The zero-order valence-corrected chi connectivity index (χ0v) is 17.6. The number of anilines is 4. The minimum Gasteiger partial charge on any atom is -0.366 e. The second-order valence-electron chi connectivity index (χ2n) is 8.18. The Morgan fingerprint density at radius 3 is 2.63 bits per heavy atom. The molecule has 2 aromatic rings. The summed E-state index contributed by atoms with van der Waals surface area (Å²) in [5, 5.41) is 10.0. The molecule has 1 saturated heterocycles. The van der Waals surface area contributed by atoms with Gasteiger partial charge in [-0.1, -0.05) is 18.9 Å². The van der Waals surface area contributed by atoms with Crippen molar-refractivity contribution >= 4 is 29.4 Å². The molecule has 1 amide bonds. The Kier molecular flexibility index (Phi) is 5.98. The maximum Gasteiger partial charge on any atom is 0.248 e. The van der Waals surface area contributed by atoms with Gasteiger partial charge in [0, 0.05) is 36.9 Å². The molecule has 160 valence electrons. The van der Waals surface area contributed by atoms with Crippen LogP contribution in [0.5, 0.6) is 0 Å². The summed E-state index contributed by atoms with van der Waals surface area (Å²) in [7, 11) is 2.05. The highest BCUT2D eigenvalue weighted by molar-refractivity contribution is 5.94. The fourth-order valence-electron chi connectivity index (χ4n) is 4.09. The summed E-state index contributed by atoms with van der Waals surface area (Å²) in [6.45, 7) is 3.84. The van der Waals surface area contributed by atoms with Crippen LogP contribution in [0.1, 0.15) is 48.0 Å². The molecule has 1 saturated carbocycles. The molecule has 9 heteroatoms. The monoisotopic (exact) mass is 410 g/mol. The van der Waals surface area contributed by atoms with E-state index in [9.17, 15) is 4.79 Å². The molecule has 2 aliphatic rings. The van der Waals surface area contributed by atoms with Crippen LogP contribution in [-0.4, -0.2) is 53.1 Å². The smallest absolute Gasteiger partial charge is 0.248 e. The van der Waals surface area contributed by atoms with Crippen molar-refractivity contribution < 1.29 is 4.79 Å². The lowest BCUT2D eigenvalue weighted by Crippen LogP contribution is -2.31.